The van der Waals surface area contributed by atoms with Gasteiger partial charge in [0.25, 0.3) is 5.91 Å². The van der Waals surface area contributed by atoms with Gasteiger partial charge in [-0.15, -0.1) is 0 Å². The summed E-state index contributed by atoms with van der Waals surface area (Å²) in [5.41, 5.74) is 5.38. The van der Waals surface area contributed by atoms with Crippen LogP contribution in [0.3, 0.4) is 0 Å². The number of rotatable bonds is 10. The average Bonchev–Trinajstić information content (AvgIpc) is 2.91. The molecule has 2 aromatic carbocycles. The minimum atomic E-state index is -0.485. The standard InChI is InChI=1S/C30H41N3O3/c1-5-8-9-19-32-20-17-24(18-21-32)28(26-11-10-12-27(22-26)36-30(35)31-4)23-13-15-25(16-14-23)29(34)33(6-2)7-3/h10-16,22H,5-9,17-21H2,1-4H3,(H,31,35). The summed E-state index contributed by atoms with van der Waals surface area (Å²) >= 11 is 0. The fraction of sp³-hybridized carbons (Fsp3) is 0.467. The third-order valence-electron chi connectivity index (χ3n) is 6.90. The highest BCUT2D eigenvalue weighted by atomic mass is 16.5. The molecule has 194 valence electrons. The number of benzene rings is 2. The Hall–Kier alpha value is -3.12. The molecule has 1 N–H and O–H groups in total. The number of piperidine rings is 1. The molecule has 0 aliphatic carbocycles. The molecule has 3 rings (SSSR count). The maximum absolute atomic E-state index is 12.8. The zero-order chi connectivity index (χ0) is 25.9. The van der Waals surface area contributed by atoms with Crippen LogP contribution in [0, 0.1) is 0 Å². The van der Waals surface area contributed by atoms with Gasteiger partial charge < -0.3 is 19.9 Å². The van der Waals surface area contributed by atoms with Gasteiger partial charge in [0.1, 0.15) is 5.75 Å². The monoisotopic (exact) mass is 491 g/mol. The van der Waals surface area contributed by atoms with Crippen LogP contribution in [0.5, 0.6) is 5.75 Å². The predicted octanol–water partition coefficient (Wildman–Crippen LogP) is 5.97. The van der Waals surface area contributed by atoms with Crippen LogP contribution in [0.25, 0.3) is 5.57 Å². The van der Waals surface area contributed by atoms with E-state index < -0.39 is 6.09 Å². The molecule has 1 aliphatic rings. The SMILES string of the molecule is CCCCCN1CCC(=C(c2ccc(C(=O)N(CC)CC)cc2)c2cccc(OC(=O)NC)c2)CC1. The summed E-state index contributed by atoms with van der Waals surface area (Å²) in [4.78, 5) is 29.0. The van der Waals surface area contributed by atoms with Crippen molar-refractivity contribution >= 4 is 17.6 Å². The fourth-order valence-corrected chi connectivity index (χ4v) is 4.80. The Bertz CT molecular complexity index is 1030. The maximum atomic E-state index is 12.8. The molecule has 6 heteroatoms. The lowest BCUT2D eigenvalue weighted by atomic mass is 9.88. The molecule has 1 saturated heterocycles. The summed E-state index contributed by atoms with van der Waals surface area (Å²) < 4.78 is 5.42. The van der Waals surface area contributed by atoms with Gasteiger partial charge >= 0.3 is 6.09 Å². The van der Waals surface area contributed by atoms with Crippen LogP contribution in [0.2, 0.25) is 0 Å². The molecule has 36 heavy (non-hydrogen) atoms. The van der Waals surface area contributed by atoms with Crippen LogP contribution in [0.15, 0.2) is 54.1 Å². The van der Waals surface area contributed by atoms with Crippen molar-refractivity contribution in [3.63, 3.8) is 0 Å². The second-order valence-corrected chi connectivity index (χ2v) is 9.25. The quantitative estimate of drug-likeness (QED) is 0.416. The third-order valence-corrected chi connectivity index (χ3v) is 6.90. The molecule has 0 bridgehead atoms. The van der Waals surface area contributed by atoms with Gasteiger partial charge in [0.15, 0.2) is 0 Å². The Morgan fingerprint density at radius 3 is 2.19 bits per heavy atom. The zero-order valence-corrected chi connectivity index (χ0v) is 22.3. The Labute approximate surface area is 216 Å². The Kier molecular flexibility index (Phi) is 10.6. The smallest absolute Gasteiger partial charge is 0.410 e. The second kappa shape index (κ2) is 13.8. The van der Waals surface area contributed by atoms with Gasteiger partial charge in [-0.25, -0.2) is 4.79 Å². The average molecular weight is 492 g/mol. The maximum Gasteiger partial charge on any atom is 0.412 e. The first-order valence-electron chi connectivity index (χ1n) is 13.3. The Morgan fingerprint density at radius 1 is 0.917 bits per heavy atom. The van der Waals surface area contributed by atoms with Gasteiger partial charge in [0.05, 0.1) is 0 Å². The van der Waals surface area contributed by atoms with Crippen molar-refractivity contribution in [2.24, 2.45) is 0 Å². The van der Waals surface area contributed by atoms with Crippen molar-refractivity contribution < 1.29 is 14.3 Å². The van der Waals surface area contributed by atoms with Crippen molar-refractivity contribution in [3.8, 4) is 5.75 Å². The highest BCUT2D eigenvalue weighted by Gasteiger charge is 2.20. The summed E-state index contributed by atoms with van der Waals surface area (Å²) in [6, 6.07) is 15.7. The van der Waals surface area contributed by atoms with E-state index in [0.29, 0.717) is 24.4 Å². The van der Waals surface area contributed by atoms with Crippen LogP contribution in [-0.4, -0.2) is 61.6 Å². The number of carbonyl (C=O) groups is 2. The molecule has 0 spiro atoms. The van der Waals surface area contributed by atoms with E-state index in [1.165, 1.54) is 30.4 Å². The predicted molar refractivity (Wildman–Crippen MR) is 146 cm³/mol. The van der Waals surface area contributed by atoms with Crippen LogP contribution in [-0.2, 0) is 0 Å². The van der Waals surface area contributed by atoms with Crippen LogP contribution in [0.1, 0.15) is 74.4 Å². The molecule has 1 aliphatic heterocycles. The van der Waals surface area contributed by atoms with Gasteiger partial charge in [-0.2, -0.15) is 0 Å². The number of likely N-dealkylation sites (tertiary alicyclic amines) is 1. The normalized spacial score (nSPS) is 13.8. The van der Waals surface area contributed by atoms with Crippen LogP contribution < -0.4 is 10.1 Å². The van der Waals surface area contributed by atoms with E-state index in [1.54, 1.807) is 13.1 Å². The highest BCUT2D eigenvalue weighted by molar-refractivity contribution is 5.95. The van der Waals surface area contributed by atoms with Gasteiger partial charge in [0, 0.05) is 38.8 Å². The van der Waals surface area contributed by atoms with Crippen molar-refractivity contribution in [1.29, 1.82) is 0 Å². The topological polar surface area (TPSA) is 61.9 Å². The Morgan fingerprint density at radius 2 is 1.58 bits per heavy atom. The molecular weight excluding hydrogens is 450 g/mol. The van der Waals surface area contributed by atoms with Crippen molar-refractivity contribution in [3.05, 3.63) is 70.8 Å². The number of carbonyl (C=O) groups excluding carboxylic acids is 2. The van der Waals surface area contributed by atoms with Crippen LogP contribution >= 0.6 is 0 Å². The first-order chi connectivity index (χ1) is 17.5. The van der Waals surface area contributed by atoms with Crippen molar-refractivity contribution in [2.45, 2.75) is 52.9 Å². The Balaban J connectivity index is 1.93. The van der Waals surface area contributed by atoms with Crippen LogP contribution in [0.4, 0.5) is 4.79 Å². The fourth-order valence-electron chi connectivity index (χ4n) is 4.80. The largest absolute Gasteiger partial charge is 0.412 e. The first kappa shape index (κ1) is 27.5. The number of hydrogen-bond donors (Lipinski definition) is 1. The summed E-state index contributed by atoms with van der Waals surface area (Å²) in [5, 5.41) is 2.50. The van der Waals surface area contributed by atoms with E-state index in [-0.39, 0.29) is 5.91 Å². The summed E-state index contributed by atoms with van der Waals surface area (Å²) in [6.45, 7) is 10.9. The molecule has 1 heterocycles. The number of nitrogens with zero attached hydrogens (tertiary/aromatic N) is 2. The summed E-state index contributed by atoms with van der Waals surface area (Å²) in [5.74, 6) is 0.567. The number of hydrogen-bond acceptors (Lipinski definition) is 4. The lowest BCUT2D eigenvalue weighted by Gasteiger charge is -2.30. The number of amides is 2. The van der Waals surface area contributed by atoms with Crippen molar-refractivity contribution in [2.75, 3.05) is 39.8 Å². The molecule has 6 nitrogen and oxygen atoms in total. The van der Waals surface area contributed by atoms with Gasteiger partial charge in [0.2, 0.25) is 0 Å². The van der Waals surface area contributed by atoms with Gasteiger partial charge in [-0.05, 0) is 80.6 Å². The van der Waals surface area contributed by atoms with Gasteiger partial charge in [-0.1, -0.05) is 49.6 Å². The van der Waals surface area contributed by atoms with E-state index >= 15 is 0 Å². The molecule has 0 unspecified atom stereocenters. The highest BCUT2D eigenvalue weighted by Crippen LogP contribution is 2.34. The van der Waals surface area contributed by atoms with E-state index in [0.717, 1.165) is 43.6 Å². The van der Waals surface area contributed by atoms with Gasteiger partial charge in [-0.3, -0.25) is 4.79 Å². The van der Waals surface area contributed by atoms with E-state index in [9.17, 15) is 9.59 Å². The van der Waals surface area contributed by atoms with E-state index in [1.807, 2.05) is 43.0 Å². The number of ether oxygens (including phenoxy) is 1. The molecule has 0 atom stereocenters. The molecule has 2 amide bonds. The summed E-state index contributed by atoms with van der Waals surface area (Å²) in [6.07, 6.45) is 5.29. The molecule has 0 aromatic heterocycles. The zero-order valence-electron chi connectivity index (χ0n) is 22.3. The number of nitrogens with one attached hydrogen (secondary N) is 1. The van der Waals surface area contributed by atoms with E-state index in [4.69, 9.17) is 4.74 Å². The molecule has 2 aromatic rings. The summed E-state index contributed by atoms with van der Waals surface area (Å²) in [7, 11) is 1.55. The van der Waals surface area contributed by atoms with Crippen molar-refractivity contribution in [1.82, 2.24) is 15.1 Å². The molecule has 1 fully saturated rings. The molecule has 0 saturated carbocycles. The first-order valence-corrected chi connectivity index (χ1v) is 13.3. The third kappa shape index (κ3) is 7.20. The minimum Gasteiger partial charge on any atom is -0.410 e. The number of unbranched alkanes of at least 4 members (excludes halogenated alkanes) is 2. The molecule has 0 radical (unpaired) electrons. The minimum absolute atomic E-state index is 0.0575. The second-order valence-electron chi connectivity index (χ2n) is 9.25. The lowest BCUT2D eigenvalue weighted by Crippen LogP contribution is -2.32. The lowest BCUT2D eigenvalue weighted by molar-refractivity contribution is 0.0773. The van der Waals surface area contributed by atoms with E-state index in [2.05, 4.69) is 35.3 Å². The molecular formula is C30H41N3O3.